The highest BCUT2D eigenvalue weighted by Crippen LogP contribution is 2.42. The monoisotopic (exact) mass is 408 g/mol. The van der Waals surface area contributed by atoms with Crippen molar-refractivity contribution in [3.8, 4) is 6.07 Å². The molecule has 0 radical (unpaired) electrons. The van der Waals surface area contributed by atoms with Crippen LogP contribution in [0.15, 0.2) is 35.4 Å². The molecule has 0 bridgehead atoms. The number of amides is 2. The number of carbonyl (C=O) groups excluding carboxylic acids is 2. The second kappa shape index (κ2) is 9.58. The molecule has 4 N–H and O–H groups in total. The Morgan fingerprint density at radius 2 is 2.00 bits per heavy atom. The van der Waals surface area contributed by atoms with Crippen LogP contribution >= 0.6 is 11.8 Å². The van der Waals surface area contributed by atoms with E-state index in [4.69, 9.17) is 18.0 Å². The molecule has 1 atom stereocenters. The Morgan fingerprint density at radius 1 is 1.34 bits per heavy atom. The molecule has 1 aromatic carbocycles. The highest BCUT2D eigenvalue weighted by Gasteiger charge is 2.26. The maximum absolute atomic E-state index is 12.1. The zero-order valence-electron chi connectivity index (χ0n) is 16.0. The molecule has 1 aromatic heterocycles. The molecule has 9 heteroatoms. The number of rotatable bonds is 8. The standard InChI is InChI=1S/C20H20N6O2S/c1-4-13-14(10-21)20(25-19(16(13)24-2)26(3)11-15(22)27)29-17(18(23)28)12-8-6-5-7-9-12/h5-9,17H,4,11H2,1,3H3,(H2,22,27)(H2,23,28). The molecule has 148 valence electrons. The van der Waals surface area contributed by atoms with Gasteiger partial charge in [-0.1, -0.05) is 49.0 Å². The number of pyridine rings is 1. The molecule has 1 heterocycles. The van der Waals surface area contributed by atoms with E-state index in [-0.39, 0.29) is 28.6 Å². The molecule has 0 aliphatic carbocycles. The number of hydrogen-bond acceptors (Lipinski definition) is 6. The average Bonchev–Trinajstić information content (AvgIpc) is 2.70. The van der Waals surface area contributed by atoms with Crippen LogP contribution in [0.1, 0.15) is 28.9 Å². The quantitative estimate of drug-likeness (QED) is 0.509. The van der Waals surface area contributed by atoms with Gasteiger partial charge < -0.3 is 16.4 Å². The summed E-state index contributed by atoms with van der Waals surface area (Å²) in [5, 5.41) is 9.24. The Bertz CT molecular complexity index is 1010. The number of anilines is 1. The fourth-order valence-corrected chi connectivity index (χ4v) is 3.91. The summed E-state index contributed by atoms with van der Waals surface area (Å²) >= 11 is 1.05. The van der Waals surface area contributed by atoms with E-state index in [2.05, 4.69) is 15.9 Å². The first-order chi connectivity index (χ1) is 13.8. The molecule has 0 saturated heterocycles. The van der Waals surface area contributed by atoms with E-state index in [0.29, 0.717) is 17.5 Å². The zero-order chi connectivity index (χ0) is 21.6. The van der Waals surface area contributed by atoms with Crippen molar-refractivity contribution in [3.63, 3.8) is 0 Å². The number of nitrogens with zero attached hydrogens (tertiary/aromatic N) is 4. The number of aromatic nitrogens is 1. The van der Waals surface area contributed by atoms with E-state index in [9.17, 15) is 14.9 Å². The Hall–Kier alpha value is -3.56. The minimum atomic E-state index is -0.770. The summed E-state index contributed by atoms with van der Waals surface area (Å²) < 4.78 is 0. The molecule has 0 fully saturated rings. The van der Waals surface area contributed by atoms with Crippen LogP contribution in [0.2, 0.25) is 0 Å². The van der Waals surface area contributed by atoms with Crippen molar-refractivity contribution < 1.29 is 9.59 Å². The highest BCUT2D eigenvalue weighted by molar-refractivity contribution is 8.00. The molecule has 0 saturated carbocycles. The van der Waals surface area contributed by atoms with Gasteiger partial charge in [-0.05, 0) is 17.5 Å². The molecular formula is C20H20N6O2S. The number of carbonyl (C=O) groups is 2. The lowest BCUT2D eigenvalue weighted by atomic mass is 10.1. The van der Waals surface area contributed by atoms with Gasteiger partial charge in [0.05, 0.1) is 18.7 Å². The van der Waals surface area contributed by atoms with Crippen LogP contribution in [-0.4, -0.2) is 30.4 Å². The first-order valence-electron chi connectivity index (χ1n) is 8.68. The zero-order valence-corrected chi connectivity index (χ0v) is 16.9. The SMILES string of the molecule is [C-]#[N+]c1c(N(C)CC(N)=O)nc(SC(C(N)=O)c2ccccc2)c(C#N)c1CC. The normalized spacial score (nSPS) is 11.2. The summed E-state index contributed by atoms with van der Waals surface area (Å²) in [6.45, 7) is 9.22. The summed E-state index contributed by atoms with van der Waals surface area (Å²) in [5.74, 6) is -0.930. The molecule has 1 unspecified atom stereocenters. The van der Waals surface area contributed by atoms with E-state index in [1.165, 1.54) is 4.90 Å². The molecular weight excluding hydrogens is 388 g/mol. The first-order valence-corrected chi connectivity index (χ1v) is 9.56. The minimum Gasteiger partial charge on any atom is -0.368 e. The van der Waals surface area contributed by atoms with E-state index in [1.54, 1.807) is 31.3 Å². The van der Waals surface area contributed by atoms with Crippen LogP contribution in [0.3, 0.4) is 0 Å². The number of benzene rings is 1. The van der Waals surface area contributed by atoms with Gasteiger partial charge in [-0.2, -0.15) is 5.26 Å². The maximum Gasteiger partial charge on any atom is 0.236 e. The minimum absolute atomic E-state index is 0.146. The van der Waals surface area contributed by atoms with E-state index in [0.717, 1.165) is 11.8 Å². The molecule has 2 rings (SSSR count). The maximum atomic E-state index is 12.1. The topological polar surface area (TPSA) is 130 Å². The molecule has 8 nitrogen and oxygen atoms in total. The smallest absolute Gasteiger partial charge is 0.236 e. The van der Waals surface area contributed by atoms with Crippen LogP contribution in [0.4, 0.5) is 11.5 Å². The van der Waals surface area contributed by atoms with Gasteiger partial charge in [0.15, 0.2) is 0 Å². The van der Waals surface area contributed by atoms with Gasteiger partial charge in [0.1, 0.15) is 22.2 Å². The van der Waals surface area contributed by atoms with Crippen LogP contribution < -0.4 is 16.4 Å². The van der Waals surface area contributed by atoms with Crippen molar-refractivity contribution >= 4 is 35.1 Å². The summed E-state index contributed by atoms with van der Waals surface area (Å²) in [6, 6.07) is 11.0. The first kappa shape index (κ1) is 21.7. The van der Waals surface area contributed by atoms with Gasteiger partial charge in [-0.3, -0.25) is 9.59 Å². The van der Waals surface area contributed by atoms with Crippen LogP contribution in [0.25, 0.3) is 4.85 Å². The average molecular weight is 408 g/mol. The predicted octanol–water partition coefficient (Wildman–Crippen LogP) is 2.31. The number of nitriles is 1. The van der Waals surface area contributed by atoms with Crippen molar-refractivity contribution in [2.45, 2.75) is 23.6 Å². The number of primary amides is 2. The molecule has 0 aliphatic rings. The lowest BCUT2D eigenvalue weighted by Crippen LogP contribution is -2.31. The number of thioether (sulfide) groups is 1. The van der Waals surface area contributed by atoms with Crippen molar-refractivity contribution in [2.75, 3.05) is 18.5 Å². The van der Waals surface area contributed by atoms with Gasteiger partial charge in [-0.15, -0.1) is 0 Å². The van der Waals surface area contributed by atoms with Crippen LogP contribution in [0.5, 0.6) is 0 Å². The summed E-state index contributed by atoms with van der Waals surface area (Å²) in [7, 11) is 1.59. The lowest BCUT2D eigenvalue weighted by Gasteiger charge is -2.22. The van der Waals surface area contributed by atoms with Crippen LogP contribution in [-0.2, 0) is 16.0 Å². The van der Waals surface area contributed by atoms with Crippen molar-refractivity contribution in [1.29, 1.82) is 5.26 Å². The van der Waals surface area contributed by atoms with Crippen molar-refractivity contribution in [2.24, 2.45) is 11.5 Å². The summed E-state index contributed by atoms with van der Waals surface area (Å²) in [4.78, 5) is 32.9. The van der Waals surface area contributed by atoms with Gasteiger partial charge in [0.2, 0.25) is 17.5 Å². The summed E-state index contributed by atoms with van der Waals surface area (Å²) in [6.07, 6.45) is 0.403. The van der Waals surface area contributed by atoms with E-state index in [1.807, 2.05) is 13.0 Å². The fraction of sp³-hybridized carbons (Fsp3) is 0.250. The molecule has 0 spiro atoms. The number of nitrogens with two attached hydrogens (primary N) is 2. The third-order valence-electron chi connectivity index (χ3n) is 4.14. The summed E-state index contributed by atoms with van der Waals surface area (Å²) in [5.41, 5.74) is 12.5. The largest absolute Gasteiger partial charge is 0.368 e. The second-order valence-corrected chi connectivity index (χ2v) is 7.25. The van der Waals surface area contributed by atoms with Crippen molar-refractivity contribution in [3.05, 3.63) is 58.4 Å². The number of likely N-dealkylation sites (N-methyl/N-ethyl adjacent to an activating group) is 1. The lowest BCUT2D eigenvalue weighted by molar-refractivity contribution is -0.118. The highest BCUT2D eigenvalue weighted by atomic mass is 32.2. The van der Waals surface area contributed by atoms with Gasteiger partial charge in [0.25, 0.3) is 0 Å². The fourth-order valence-electron chi connectivity index (χ4n) is 2.85. The van der Waals surface area contributed by atoms with Gasteiger partial charge >= 0.3 is 0 Å². The Morgan fingerprint density at radius 3 is 2.48 bits per heavy atom. The second-order valence-electron chi connectivity index (χ2n) is 6.15. The van der Waals surface area contributed by atoms with E-state index < -0.39 is 17.1 Å². The van der Waals surface area contributed by atoms with Gasteiger partial charge in [-0.25, -0.2) is 9.83 Å². The van der Waals surface area contributed by atoms with Crippen LogP contribution in [0, 0.1) is 17.9 Å². The molecule has 0 aliphatic heterocycles. The molecule has 2 aromatic rings. The third kappa shape index (κ3) is 4.84. The van der Waals surface area contributed by atoms with Crippen molar-refractivity contribution in [1.82, 2.24) is 4.98 Å². The molecule has 2 amide bonds. The Kier molecular flexibility index (Phi) is 7.18. The Balaban J connectivity index is 2.66. The third-order valence-corrected chi connectivity index (χ3v) is 5.40. The Labute approximate surface area is 173 Å². The number of hydrogen-bond donors (Lipinski definition) is 2. The predicted molar refractivity (Wildman–Crippen MR) is 111 cm³/mol. The van der Waals surface area contributed by atoms with E-state index >= 15 is 0 Å². The molecule has 29 heavy (non-hydrogen) atoms. The van der Waals surface area contributed by atoms with Gasteiger partial charge in [0, 0.05) is 7.05 Å².